The highest BCUT2D eigenvalue weighted by Crippen LogP contribution is 2.24. The number of thiophene rings is 1. The maximum Gasteiger partial charge on any atom is 0.256 e. The maximum absolute atomic E-state index is 12.8. The van der Waals surface area contributed by atoms with E-state index in [0.29, 0.717) is 5.00 Å². The number of benzene rings is 2. The van der Waals surface area contributed by atoms with Gasteiger partial charge in [0.1, 0.15) is 5.00 Å². The summed E-state index contributed by atoms with van der Waals surface area (Å²) in [4.78, 5) is 23.8. The zero-order valence-corrected chi connectivity index (χ0v) is 17.2. The fourth-order valence-corrected chi connectivity index (χ4v) is 4.61. The molecule has 7 nitrogen and oxygen atoms in total. The first-order chi connectivity index (χ1) is 13.8. The molecule has 0 fully saturated rings. The Kier molecular flexibility index (Phi) is 6.12. The number of anilines is 1. The molecule has 0 aliphatic heterocycles. The van der Waals surface area contributed by atoms with E-state index in [4.69, 9.17) is 5.73 Å². The lowest BCUT2D eigenvalue weighted by molar-refractivity contribution is 0.100. The third kappa shape index (κ3) is 4.70. The molecule has 1 heterocycles. The molecule has 3 N–H and O–H groups in total. The summed E-state index contributed by atoms with van der Waals surface area (Å²) in [6.07, 6.45) is 0. The number of hydrogen-bond acceptors (Lipinski definition) is 5. The van der Waals surface area contributed by atoms with E-state index in [1.165, 1.54) is 53.0 Å². The van der Waals surface area contributed by atoms with Crippen LogP contribution < -0.4 is 11.1 Å². The van der Waals surface area contributed by atoms with Gasteiger partial charge in [-0.05, 0) is 41.3 Å². The molecule has 150 valence electrons. The lowest BCUT2D eigenvalue weighted by Gasteiger charge is -2.17. The molecule has 2 aromatic carbocycles. The maximum atomic E-state index is 12.8. The summed E-state index contributed by atoms with van der Waals surface area (Å²) >= 11 is 1.18. The third-order valence-electron chi connectivity index (χ3n) is 4.23. The van der Waals surface area contributed by atoms with Crippen molar-refractivity contribution in [1.82, 2.24) is 4.31 Å². The average molecular weight is 430 g/mol. The first-order valence-electron chi connectivity index (χ1n) is 8.58. The SMILES string of the molecule is CN(Cc1ccccc1)S(=O)(=O)c1ccc(C(=O)Nc2sccc2C(N)=O)cc1. The van der Waals surface area contributed by atoms with Gasteiger partial charge < -0.3 is 11.1 Å². The third-order valence-corrected chi connectivity index (χ3v) is 6.88. The van der Waals surface area contributed by atoms with Crippen LogP contribution in [0.2, 0.25) is 0 Å². The summed E-state index contributed by atoms with van der Waals surface area (Å²) in [5.74, 6) is -1.10. The van der Waals surface area contributed by atoms with Crippen LogP contribution in [0.15, 0.2) is 70.9 Å². The number of carbonyl (C=O) groups is 2. The lowest BCUT2D eigenvalue weighted by atomic mass is 10.2. The van der Waals surface area contributed by atoms with Crippen molar-refractivity contribution >= 4 is 38.2 Å². The monoisotopic (exact) mass is 429 g/mol. The van der Waals surface area contributed by atoms with Gasteiger partial charge in [-0.15, -0.1) is 11.3 Å². The van der Waals surface area contributed by atoms with Crippen LogP contribution in [-0.4, -0.2) is 31.6 Å². The van der Waals surface area contributed by atoms with Crippen LogP contribution in [0.5, 0.6) is 0 Å². The number of rotatable bonds is 7. The number of primary amides is 1. The second-order valence-electron chi connectivity index (χ2n) is 6.25. The molecule has 0 aliphatic carbocycles. The van der Waals surface area contributed by atoms with E-state index in [1.807, 2.05) is 30.3 Å². The zero-order chi connectivity index (χ0) is 21.0. The molecule has 0 radical (unpaired) electrons. The van der Waals surface area contributed by atoms with E-state index in [9.17, 15) is 18.0 Å². The molecule has 0 unspecified atom stereocenters. The molecule has 0 atom stereocenters. The molecule has 9 heteroatoms. The van der Waals surface area contributed by atoms with Crippen molar-refractivity contribution < 1.29 is 18.0 Å². The minimum atomic E-state index is -3.71. The fraction of sp³-hybridized carbons (Fsp3) is 0.100. The number of nitrogens with one attached hydrogen (secondary N) is 1. The molecular formula is C20H19N3O4S2. The number of nitrogens with two attached hydrogens (primary N) is 1. The van der Waals surface area contributed by atoms with Gasteiger partial charge in [-0.25, -0.2) is 8.42 Å². The Morgan fingerprint density at radius 3 is 2.31 bits per heavy atom. The molecular weight excluding hydrogens is 410 g/mol. The van der Waals surface area contributed by atoms with Gasteiger partial charge in [0.05, 0.1) is 10.5 Å². The van der Waals surface area contributed by atoms with Crippen LogP contribution in [0.1, 0.15) is 26.3 Å². The molecule has 3 rings (SSSR count). The van der Waals surface area contributed by atoms with Gasteiger partial charge in [0.25, 0.3) is 11.8 Å². The smallest absolute Gasteiger partial charge is 0.256 e. The van der Waals surface area contributed by atoms with Crippen LogP contribution in [0.4, 0.5) is 5.00 Å². The summed E-state index contributed by atoms with van der Waals surface area (Å²) < 4.78 is 26.8. The van der Waals surface area contributed by atoms with Crippen molar-refractivity contribution in [2.75, 3.05) is 12.4 Å². The van der Waals surface area contributed by atoms with Gasteiger partial charge >= 0.3 is 0 Å². The molecule has 0 bridgehead atoms. The predicted molar refractivity (Wildman–Crippen MR) is 112 cm³/mol. The van der Waals surface area contributed by atoms with Gasteiger partial charge in [-0.2, -0.15) is 4.31 Å². The Morgan fingerprint density at radius 2 is 1.69 bits per heavy atom. The standard InChI is InChI=1S/C20H19N3O4S2/c1-23(13-14-5-3-2-4-6-14)29(26,27)16-9-7-15(8-10-16)19(25)22-20-17(18(21)24)11-12-28-20/h2-12H,13H2,1H3,(H2,21,24)(H,22,25). The highest BCUT2D eigenvalue weighted by molar-refractivity contribution is 7.89. The summed E-state index contributed by atoms with van der Waals surface area (Å²) in [7, 11) is -2.20. The Balaban J connectivity index is 1.74. The first-order valence-corrected chi connectivity index (χ1v) is 10.9. The van der Waals surface area contributed by atoms with Crippen molar-refractivity contribution in [1.29, 1.82) is 0 Å². The van der Waals surface area contributed by atoms with Crippen molar-refractivity contribution in [3.05, 3.63) is 82.7 Å². The molecule has 1 aromatic heterocycles. The quantitative estimate of drug-likeness (QED) is 0.602. The van der Waals surface area contributed by atoms with Crippen molar-refractivity contribution in [3.8, 4) is 0 Å². The zero-order valence-electron chi connectivity index (χ0n) is 15.5. The minimum absolute atomic E-state index is 0.0847. The van der Waals surface area contributed by atoms with Crippen LogP contribution in [0.3, 0.4) is 0 Å². The lowest BCUT2D eigenvalue weighted by Crippen LogP contribution is -2.26. The average Bonchev–Trinajstić information content (AvgIpc) is 3.17. The number of nitrogens with zero attached hydrogens (tertiary/aromatic N) is 1. The second-order valence-corrected chi connectivity index (χ2v) is 9.21. The van der Waals surface area contributed by atoms with E-state index < -0.39 is 21.8 Å². The Bertz CT molecular complexity index is 1120. The second kappa shape index (κ2) is 8.56. The Hall–Kier alpha value is -3.01. The molecule has 0 saturated heterocycles. The molecule has 0 saturated carbocycles. The summed E-state index contributed by atoms with van der Waals surface area (Å²) in [6, 6.07) is 16.4. The summed E-state index contributed by atoms with van der Waals surface area (Å²) in [6.45, 7) is 0.236. The van der Waals surface area contributed by atoms with Crippen molar-refractivity contribution in [2.45, 2.75) is 11.4 Å². The Morgan fingerprint density at radius 1 is 1.03 bits per heavy atom. The molecule has 0 spiro atoms. The minimum Gasteiger partial charge on any atom is -0.366 e. The van der Waals surface area contributed by atoms with Gasteiger partial charge in [0.2, 0.25) is 10.0 Å². The normalized spacial score (nSPS) is 11.4. The van der Waals surface area contributed by atoms with E-state index in [0.717, 1.165) is 5.56 Å². The number of hydrogen-bond donors (Lipinski definition) is 2. The van der Waals surface area contributed by atoms with E-state index in [2.05, 4.69) is 5.32 Å². The van der Waals surface area contributed by atoms with E-state index >= 15 is 0 Å². The van der Waals surface area contributed by atoms with Gasteiger partial charge in [-0.3, -0.25) is 9.59 Å². The fourth-order valence-electron chi connectivity index (χ4n) is 2.66. The summed E-state index contributed by atoms with van der Waals surface area (Å²) in [5, 5.41) is 4.62. The highest BCUT2D eigenvalue weighted by atomic mass is 32.2. The predicted octanol–water partition coefficient (Wildman–Crippen LogP) is 2.92. The number of carbonyl (C=O) groups excluding carboxylic acids is 2. The topological polar surface area (TPSA) is 110 Å². The van der Waals surface area contributed by atoms with Crippen LogP contribution in [0, 0.1) is 0 Å². The molecule has 0 aliphatic rings. The largest absolute Gasteiger partial charge is 0.366 e. The molecule has 29 heavy (non-hydrogen) atoms. The van der Waals surface area contributed by atoms with E-state index in [-0.39, 0.29) is 22.6 Å². The van der Waals surface area contributed by atoms with Gasteiger partial charge in [-0.1, -0.05) is 30.3 Å². The first kappa shape index (κ1) is 20.7. The van der Waals surface area contributed by atoms with Crippen molar-refractivity contribution in [3.63, 3.8) is 0 Å². The van der Waals surface area contributed by atoms with Crippen molar-refractivity contribution in [2.24, 2.45) is 5.73 Å². The summed E-state index contributed by atoms with van der Waals surface area (Å²) in [5.41, 5.74) is 6.63. The highest BCUT2D eigenvalue weighted by Gasteiger charge is 2.21. The van der Waals surface area contributed by atoms with E-state index in [1.54, 1.807) is 5.38 Å². The molecule has 3 aromatic rings. The van der Waals surface area contributed by atoms with Gasteiger partial charge in [0, 0.05) is 19.2 Å². The van der Waals surface area contributed by atoms with Crippen LogP contribution in [-0.2, 0) is 16.6 Å². The van der Waals surface area contributed by atoms with Crippen LogP contribution >= 0.6 is 11.3 Å². The molecule has 2 amide bonds. The van der Waals surface area contributed by atoms with Crippen LogP contribution in [0.25, 0.3) is 0 Å². The van der Waals surface area contributed by atoms with Gasteiger partial charge in [0.15, 0.2) is 0 Å². The number of amides is 2. The number of sulfonamides is 1. The Labute approximate surface area is 172 Å².